The number of hydrogen-bond acceptors (Lipinski definition) is 6. The second-order valence-electron chi connectivity index (χ2n) is 6.49. The van der Waals surface area contributed by atoms with Gasteiger partial charge in [0, 0.05) is 7.05 Å². The van der Waals surface area contributed by atoms with E-state index in [1.807, 2.05) is 24.3 Å². The Kier molecular flexibility index (Phi) is 3.88. The lowest BCUT2D eigenvalue weighted by atomic mass is 10.1. The van der Waals surface area contributed by atoms with Gasteiger partial charge in [-0.3, -0.25) is 9.36 Å². The van der Waals surface area contributed by atoms with Gasteiger partial charge in [0.25, 0.3) is 5.56 Å². The third kappa shape index (κ3) is 2.70. The predicted molar refractivity (Wildman–Crippen MR) is 95.1 cm³/mol. The minimum Gasteiger partial charge on any atom is -0.497 e. The third-order valence-corrected chi connectivity index (χ3v) is 4.85. The summed E-state index contributed by atoms with van der Waals surface area (Å²) in [6, 6.07) is 9.29. The molecule has 0 radical (unpaired) electrons. The van der Waals surface area contributed by atoms with Crippen molar-refractivity contribution in [2.24, 2.45) is 7.05 Å². The highest BCUT2D eigenvalue weighted by atomic mass is 16.5. The molecule has 1 aliphatic carbocycles. The van der Waals surface area contributed by atoms with Crippen LogP contribution in [0.25, 0.3) is 11.0 Å². The van der Waals surface area contributed by atoms with E-state index in [0.717, 1.165) is 24.2 Å². The molecule has 0 saturated heterocycles. The van der Waals surface area contributed by atoms with Crippen LogP contribution in [0, 0.1) is 0 Å². The molecule has 1 aromatic carbocycles. The van der Waals surface area contributed by atoms with Crippen molar-refractivity contribution in [2.45, 2.75) is 25.0 Å². The van der Waals surface area contributed by atoms with Crippen molar-refractivity contribution in [1.29, 1.82) is 0 Å². The Labute approximate surface area is 149 Å². The first-order valence-electron chi connectivity index (χ1n) is 8.35. The normalized spacial score (nSPS) is 15.2. The van der Waals surface area contributed by atoms with Crippen molar-refractivity contribution in [3.8, 4) is 11.6 Å². The molecule has 0 spiro atoms. The first-order chi connectivity index (χ1) is 12.5. The Morgan fingerprint density at radius 1 is 1.23 bits per heavy atom. The van der Waals surface area contributed by atoms with E-state index in [4.69, 9.17) is 9.47 Å². The minimum absolute atomic E-state index is 0.141. The lowest BCUT2D eigenvalue weighted by Gasteiger charge is -2.18. The zero-order valence-electron chi connectivity index (χ0n) is 14.6. The molecular formula is C19H19N3O4. The van der Waals surface area contributed by atoms with Crippen molar-refractivity contribution in [3.05, 3.63) is 58.1 Å². The number of benzene rings is 1. The summed E-state index contributed by atoms with van der Waals surface area (Å²) in [7, 11) is 3.26. The summed E-state index contributed by atoms with van der Waals surface area (Å²) in [6.07, 6.45) is 2.76. The van der Waals surface area contributed by atoms with Gasteiger partial charge in [-0.05, 0) is 36.6 Å². The summed E-state index contributed by atoms with van der Waals surface area (Å²) in [5.74, 6) is 0.645. The summed E-state index contributed by atoms with van der Waals surface area (Å²) in [4.78, 5) is 20.7. The quantitative estimate of drug-likeness (QED) is 0.757. The fraction of sp³-hybridized carbons (Fsp3) is 0.316. The largest absolute Gasteiger partial charge is 0.497 e. The standard InChI is InChI=1S/C19H19N3O4/c1-22-16-14(17(23)21-11-20-16)9-15(18(22)24)19(7-8-19)26-10-12-3-5-13(25-2)6-4-12/h3-6,9,11H,7-8,10H2,1-2H3,(H,20,21,23). The molecule has 4 rings (SSSR count). The summed E-state index contributed by atoms with van der Waals surface area (Å²) in [6.45, 7) is 0.391. The van der Waals surface area contributed by atoms with Crippen molar-refractivity contribution in [1.82, 2.24) is 14.5 Å². The lowest BCUT2D eigenvalue weighted by molar-refractivity contribution is 0.0161. The molecule has 2 heterocycles. The number of aromatic hydroxyl groups is 1. The fourth-order valence-corrected chi connectivity index (χ4v) is 3.13. The summed E-state index contributed by atoms with van der Waals surface area (Å²) >= 11 is 0. The molecule has 2 aromatic heterocycles. The first-order valence-corrected chi connectivity index (χ1v) is 8.35. The molecule has 1 saturated carbocycles. The van der Waals surface area contributed by atoms with E-state index in [1.54, 1.807) is 20.2 Å². The average Bonchev–Trinajstić information content (AvgIpc) is 3.45. The number of fused-ring (bicyclic) bond motifs is 1. The first kappa shape index (κ1) is 16.5. The van der Waals surface area contributed by atoms with Gasteiger partial charge in [0.2, 0.25) is 5.88 Å². The fourth-order valence-electron chi connectivity index (χ4n) is 3.13. The van der Waals surface area contributed by atoms with Crippen molar-refractivity contribution in [3.63, 3.8) is 0 Å². The van der Waals surface area contributed by atoms with Crippen LogP contribution in [0.5, 0.6) is 11.6 Å². The predicted octanol–water partition coefficient (Wildman–Crippen LogP) is 2.25. The smallest absolute Gasteiger partial charge is 0.258 e. The van der Waals surface area contributed by atoms with Gasteiger partial charge >= 0.3 is 0 Å². The number of methoxy groups -OCH3 is 1. The van der Waals surface area contributed by atoms with Crippen LogP contribution in [0.15, 0.2) is 41.5 Å². The zero-order chi connectivity index (χ0) is 18.3. The number of ether oxygens (including phenoxy) is 2. The molecule has 1 aliphatic rings. The SMILES string of the molecule is COc1ccc(COC2(c3cc4c(O)ncnc4n(C)c3=O)CC2)cc1. The van der Waals surface area contributed by atoms with E-state index in [2.05, 4.69) is 9.97 Å². The van der Waals surface area contributed by atoms with Crippen LogP contribution in [0.3, 0.4) is 0 Å². The molecule has 26 heavy (non-hydrogen) atoms. The van der Waals surface area contributed by atoms with Crippen LogP contribution < -0.4 is 10.3 Å². The van der Waals surface area contributed by atoms with Gasteiger partial charge in [0.15, 0.2) is 0 Å². The van der Waals surface area contributed by atoms with Gasteiger partial charge in [-0.2, -0.15) is 0 Å². The molecule has 1 N–H and O–H groups in total. The molecule has 3 aromatic rings. The minimum atomic E-state index is -0.620. The molecule has 0 unspecified atom stereocenters. The third-order valence-electron chi connectivity index (χ3n) is 4.85. The molecule has 7 heteroatoms. The van der Waals surface area contributed by atoms with Crippen LogP contribution in [0.2, 0.25) is 0 Å². The van der Waals surface area contributed by atoms with Gasteiger partial charge in [-0.1, -0.05) is 12.1 Å². The maximum absolute atomic E-state index is 12.8. The number of hydrogen-bond donors (Lipinski definition) is 1. The average molecular weight is 353 g/mol. The van der Waals surface area contributed by atoms with Crippen LogP contribution in [-0.4, -0.2) is 26.8 Å². The second-order valence-corrected chi connectivity index (χ2v) is 6.49. The molecule has 1 fully saturated rings. The summed E-state index contributed by atoms with van der Waals surface area (Å²) < 4.78 is 12.7. The Bertz CT molecular complexity index is 1020. The van der Waals surface area contributed by atoms with Gasteiger partial charge in [-0.25, -0.2) is 9.97 Å². The molecule has 134 valence electrons. The van der Waals surface area contributed by atoms with Gasteiger partial charge in [-0.15, -0.1) is 0 Å². The summed E-state index contributed by atoms with van der Waals surface area (Å²) in [5, 5.41) is 10.5. The van der Waals surface area contributed by atoms with Crippen molar-refractivity contribution >= 4 is 11.0 Å². The van der Waals surface area contributed by atoms with Gasteiger partial charge in [0.05, 0.1) is 30.3 Å². The number of aromatic nitrogens is 3. The maximum atomic E-state index is 12.8. The van der Waals surface area contributed by atoms with Gasteiger partial charge in [0.1, 0.15) is 17.7 Å². The Hall–Kier alpha value is -2.93. The zero-order valence-corrected chi connectivity index (χ0v) is 14.6. The molecular weight excluding hydrogens is 334 g/mol. The molecule has 0 atom stereocenters. The van der Waals surface area contributed by atoms with Crippen LogP contribution >= 0.6 is 0 Å². The Morgan fingerprint density at radius 2 is 1.96 bits per heavy atom. The number of rotatable bonds is 5. The van der Waals surface area contributed by atoms with E-state index in [0.29, 0.717) is 23.2 Å². The van der Waals surface area contributed by atoms with E-state index in [-0.39, 0.29) is 11.4 Å². The Morgan fingerprint density at radius 3 is 2.62 bits per heavy atom. The van der Waals surface area contributed by atoms with E-state index in [9.17, 15) is 9.90 Å². The number of aryl methyl sites for hydroxylation is 1. The van der Waals surface area contributed by atoms with Crippen molar-refractivity contribution < 1.29 is 14.6 Å². The van der Waals surface area contributed by atoms with Crippen molar-refractivity contribution in [2.75, 3.05) is 7.11 Å². The highest BCUT2D eigenvalue weighted by molar-refractivity contribution is 5.80. The molecule has 7 nitrogen and oxygen atoms in total. The number of nitrogens with zero attached hydrogens (tertiary/aromatic N) is 3. The second kappa shape index (κ2) is 6.10. The molecule has 0 aliphatic heterocycles. The van der Waals surface area contributed by atoms with Crippen LogP contribution in [0.1, 0.15) is 24.0 Å². The lowest BCUT2D eigenvalue weighted by Crippen LogP contribution is -2.28. The maximum Gasteiger partial charge on any atom is 0.258 e. The van der Waals surface area contributed by atoms with Crippen LogP contribution in [-0.2, 0) is 24.0 Å². The molecule has 0 bridgehead atoms. The van der Waals surface area contributed by atoms with E-state index < -0.39 is 5.60 Å². The topological polar surface area (TPSA) is 86.5 Å². The molecule has 0 amide bonds. The van der Waals surface area contributed by atoms with Gasteiger partial charge < -0.3 is 14.6 Å². The van der Waals surface area contributed by atoms with E-state index >= 15 is 0 Å². The highest BCUT2D eigenvalue weighted by Crippen LogP contribution is 2.49. The monoisotopic (exact) mass is 353 g/mol. The summed E-state index contributed by atoms with van der Waals surface area (Å²) in [5.41, 5.74) is 1.15. The van der Waals surface area contributed by atoms with E-state index in [1.165, 1.54) is 10.9 Å². The highest BCUT2D eigenvalue weighted by Gasteiger charge is 2.48. The Balaban J connectivity index is 1.66. The van der Waals surface area contributed by atoms with Crippen LogP contribution in [0.4, 0.5) is 0 Å². The number of pyridine rings is 1.